The van der Waals surface area contributed by atoms with Crippen LogP contribution in [0.2, 0.25) is 0 Å². The number of nitrogens with one attached hydrogen (secondary N) is 1. The number of furan rings is 1. The summed E-state index contributed by atoms with van der Waals surface area (Å²) in [6.07, 6.45) is -3.06. The van der Waals surface area contributed by atoms with Crippen molar-refractivity contribution < 1.29 is 30.7 Å². The van der Waals surface area contributed by atoms with Gasteiger partial charge in [0.2, 0.25) is 10.0 Å². The van der Waals surface area contributed by atoms with Gasteiger partial charge < -0.3 is 9.15 Å². The van der Waals surface area contributed by atoms with Crippen molar-refractivity contribution in [1.82, 2.24) is 4.72 Å². The number of ether oxygens (including phenoxy) is 1. The van der Waals surface area contributed by atoms with Crippen molar-refractivity contribution in [3.8, 4) is 0 Å². The van der Waals surface area contributed by atoms with E-state index < -0.39 is 26.7 Å². The van der Waals surface area contributed by atoms with Crippen molar-refractivity contribution in [2.45, 2.75) is 30.8 Å². The summed E-state index contributed by atoms with van der Waals surface area (Å²) in [6.45, 7) is 0.541. The van der Waals surface area contributed by atoms with Crippen LogP contribution in [0, 0.1) is 0 Å². The summed E-state index contributed by atoms with van der Waals surface area (Å²) in [5.41, 5.74) is 0.461. The van der Waals surface area contributed by atoms with Crippen LogP contribution in [0.1, 0.15) is 22.5 Å². The number of halogens is 3. The molecule has 1 N–H and O–H groups in total. The highest BCUT2D eigenvalue weighted by Crippen LogP contribution is 2.30. The van der Waals surface area contributed by atoms with Gasteiger partial charge in [0.25, 0.3) is 0 Å². The second-order valence-corrected chi connectivity index (χ2v) is 8.01. The first-order valence-electron chi connectivity index (χ1n) is 8.59. The Bertz CT molecular complexity index is 1050. The summed E-state index contributed by atoms with van der Waals surface area (Å²) >= 11 is 0. The third-order valence-corrected chi connectivity index (χ3v) is 5.42. The number of rotatable bonds is 8. The van der Waals surface area contributed by atoms with Gasteiger partial charge in [-0.05, 0) is 41.5 Å². The van der Waals surface area contributed by atoms with Gasteiger partial charge in [-0.15, -0.1) is 0 Å². The maximum Gasteiger partial charge on any atom is 0.416 e. The van der Waals surface area contributed by atoms with Gasteiger partial charge in [-0.3, -0.25) is 0 Å². The number of hydrogen-bond acceptors (Lipinski definition) is 4. The number of alkyl halides is 3. The minimum atomic E-state index is -4.62. The quantitative estimate of drug-likeness (QED) is 0.577. The SMILES string of the molecule is O=S(=O)(NCc1cccc(COCc2ccco2)c1)c1cccc(C(F)(F)F)c1. The first-order valence-corrected chi connectivity index (χ1v) is 10.1. The molecular weight excluding hydrogens is 407 g/mol. The van der Waals surface area contributed by atoms with Crippen molar-refractivity contribution in [1.29, 1.82) is 0 Å². The zero-order valence-corrected chi connectivity index (χ0v) is 16.0. The Morgan fingerprint density at radius 1 is 0.931 bits per heavy atom. The average molecular weight is 425 g/mol. The largest absolute Gasteiger partial charge is 0.467 e. The van der Waals surface area contributed by atoms with Gasteiger partial charge >= 0.3 is 6.18 Å². The fraction of sp³-hybridized carbons (Fsp3) is 0.200. The van der Waals surface area contributed by atoms with Crippen molar-refractivity contribution in [2.75, 3.05) is 0 Å². The number of sulfonamides is 1. The van der Waals surface area contributed by atoms with E-state index >= 15 is 0 Å². The second-order valence-electron chi connectivity index (χ2n) is 6.24. The minimum absolute atomic E-state index is 0.0649. The maximum absolute atomic E-state index is 12.8. The Hall–Kier alpha value is -2.62. The Labute approximate surface area is 166 Å². The highest BCUT2D eigenvalue weighted by Gasteiger charge is 2.31. The lowest BCUT2D eigenvalue weighted by molar-refractivity contribution is -0.137. The van der Waals surface area contributed by atoms with Gasteiger partial charge in [0.15, 0.2) is 0 Å². The van der Waals surface area contributed by atoms with E-state index in [0.29, 0.717) is 30.6 Å². The molecule has 0 unspecified atom stereocenters. The number of hydrogen-bond donors (Lipinski definition) is 1. The standard InChI is InChI=1S/C20H18F3NO4S/c21-20(22,23)17-6-2-8-19(11-17)29(25,26)24-12-15-4-1-5-16(10-15)13-27-14-18-7-3-9-28-18/h1-11,24H,12-14H2. The van der Waals surface area contributed by atoms with Crippen LogP contribution < -0.4 is 4.72 Å². The second kappa shape index (κ2) is 8.81. The van der Waals surface area contributed by atoms with E-state index in [9.17, 15) is 21.6 Å². The van der Waals surface area contributed by atoms with Crippen molar-refractivity contribution >= 4 is 10.0 Å². The summed E-state index contributed by atoms with van der Waals surface area (Å²) in [6, 6.07) is 14.2. The van der Waals surface area contributed by atoms with Crippen molar-refractivity contribution in [2.24, 2.45) is 0 Å². The van der Waals surface area contributed by atoms with Crippen LogP contribution in [0.4, 0.5) is 13.2 Å². The molecule has 5 nitrogen and oxygen atoms in total. The first kappa shape index (κ1) is 21.1. The van der Waals surface area contributed by atoms with E-state index in [4.69, 9.17) is 9.15 Å². The van der Waals surface area contributed by atoms with E-state index in [1.807, 2.05) is 6.07 Å². The molecule has 0 aliphatic carbocycles. The maximum atomic E-state index is 12.8. The molecule has 0 radical (unpaired) electrons. The molecule has 1 heterocycles. The molecule has 0 fully saturated rings. The van der Waals surface area contributed by atoms with E-state index in [0.717, 1.165) is 23.8 Å². The number of benzene rings is 2. The van der Waals surface area contributed by atoms with Crippen LogP contribution in [0.3, 0.4) is 0 Å². The smallest absolute Gasteiger partial charge is 0.416 e. The molecular formula is C20H18F3NO4S. The summed E-state index contributed by atoms with van der Waals surface area (Å²) in [5, 5.41) is 0. The van der Waals surface area contributed by atoms with Crippen LogP contribution in [-0.4, -0.2) is 8.42 Å². The Kier molecular flexibility index (Phi) is 6.41. The Morgan fingerprint density at radius 2 is 1.69 bits per heavy atom. The zero-order valence-electron chi connectivity index (χ0n) is 15.1. The van der Waals surface area contributed by atoms with Crippen molar-refractivity contribution in [3.63, 3.8) is 0 Å². The summed E-state index contributed by atoms with van der Waals surface area (Å²) in [5.74, 6) is 0.690. The fourth-order valence-corrected chi connectivity index (χ4v) is 3.66. The van der Waals surface area contributed by atoms with Crippen molar-refractivity contribution in [3.05, 3.63) is 89.4 Å². The summed E-state index contributed by atoms with van der Waals surface area (Å²) < 4.78 is 76.2. The van der Waals surface area contributed by atoms with Gasteiger partial charge in [-0.25, -0.2) is 13.1 Å². The van der Waals surface area contributed by atoms with E-state index in [1.165, 1.54) is 0 Å². The predicted molar refractivity (Wildman–Crippen MR) is 99.1 cm³/mol. The topological polar surface area (TPSA) is 68.5 Å². The highest BCUT2D eigenvalue weighted by atomic mass is 32.2. The fourth-order valence-electron chi connectivity index (χ4n) is 2.59. The molecule has 0 bridgehead atoms. The van der Waals surface area contributed by atoms with Gasteiger partial charge in [-0.2, -0.15) is 13.2 Å². The molecule has 0 atom stereocenters. The Morgan fingerprint density at radius 3 is 2.41 bits per heavy atom. The molecule has 3 aromatic rings. The molecule has 3 rings (SSSR count). The van der Waals surface area contributed by atoms with E-state index in [2.05, 4.69) is 4.72 Å². The normalized spacial score (nSPS) is 12.2. The van der Waals surface area contributed by atoms with Gasteiger partial charge in [0.05, 0.1) is 23.3 Å². The molecule has 0 saturated heterocycles. The third kappa shape index (κ3) is 5.93. The lowest BCUT2D eigenvalue weighted by Gasteiger charge is -2.11. The molecule has 1 aromatic heterocycles. The molecule has 0 aliphatic rings. The third-order valence-electron chi connectivity index (χ3n) is 4.02. The minimum Gasteiger partial charge on any atom is -0.467 e. The average Bonchev–Trinajstić information content (AvgIpc) is 3.20. The molecule has 154 valence electrons. The van der Waals surface area contributed by atoms with Crippen LogP contribution in [0.15, 0.2) is 76.2 Å². The van der Waals surface area contributed by atoms with Gasteiger partial charge in [-0.1, -0.05) is 30.3 Å². The van der Waals surface area contributed by atoms with Crippen LogP contribution in [-0.2, 0) is 40.7 Å². The lowest BCUT2D eigenvalue weighted by atomic mass is 10.1. The molecule has 2 aromatic carbocycles. The molecule has 0 aliphatic heterocycles. The van der Waals surface area contributed by atoms with Gasteiger partial charge in [0.1, 0.15) is 12.4 Å². The Balaban J connectivity index is 1.61. The summed E-state index contributed by atoms with van der Waals surface area (Å²) in [4.78, 5) is -0.440. The predicted octanol–water partition coefficient (Wildman–Crippen LogP) is 4.49. The lowest BCUT2D eigenvalue weighted by Crippen LogP contribution is -2.23. The monoisotopic (exact) mass is 425 g/mol. The van der Waals surface area contributed by atoms with Gasteiger partial charge in [0, 0.05) is 6.54 Å². The molecule has 9 heteroatoms. The molecule has 0 spiro atoms. The van der Waals surface area contributed by atoms with E-state index in [1.54, 1.807) is 36.6 Å². The highest BCUT2D eigenvalue weighted by molar-refractivity contribution is 7.89. The van der Waals surface area contributed by atoms with Crippen LogP contribution in [0.25, 0.3) is 0 Å². The zero-order chi connectivity index (χ0) is 20.9. The first-order chi connectivity index (χ1) is 13.7. The van der Waals surface area contributed by atoms with Crippen LogP contribution in [0.5, 0.6) is 0 Å². The van der Waals surface area contributed by atoms with Crippen LogP contribution >= 0.6 is 0 Å². The molecule has 29 heavy (non-hydrogen) atoms. The summed E-state index contributed by atoms with van der Waals surface area (Å²) in [7, 11) is -4.09. The van der Waals surface area contributed by atoms with E-state index in [-0.39, 0.29) is 6.54 Å². The molecule has 0 saturated carbocycles. The molecule has 0 amide bonds.